The summed E-state index contributed by atoms with van der Waals surface area (Å²) in [6, 6.07) is -0.194. The van der Waals surface area contributed by atoms with Gasteiger partial charge in [0.25, 0.3) is 0 Å². The third-order valence-corrected chi connectivity index (χ3v) is 3.37. The molecule has 3 unspecified atom stereocenters. The van der Waals surface area contributed by atoms with Crippen LogP contribution in [0.1, 0.15) is 32.6 Å². The Morgan fingerprint density at radius 2 is 2.07 bits per heavy atom. The fourth-order valence-electron chi connectivity index (χ4n) is 2.19. The van der Waals surface area contributed by atoms with Gasteiger partial charge in [0.05, 0.1) is 13.2 Å². The Labute approximate surface area is 91.2 Å². The van der Waals surface area contributed by atoms with Crippen LogP contribution >= 0.6 is 0 Å². The van der Waals surface area contributed by atoms with Gasteiger partial charge in [-0.1, -0.05) is 12.8 Å². The highest BCUT2D eigenvalue weighted by atomic mass is 16.5. The lowest BCUT2D eigenvalue weighted by Gasteiger charge is -2.37. The average Bonchev–Trinajstić information content (AvgIpc) is 2.26. The molecular formula is C11H21NO3. The van der Waals surface area contributed by atoms with Crippen molar-refractivity contribution < 1.29 is 14.6 Å². The first kappa shape index (κ1) is 12.5. The van der Waals surface area contributed by atoms with E-state index < -0.39 is 0 Å². The second-order valence-corrected chi connectivity index (χ2v) is 4.28. The number of ether oxygens (including phenoxy) is 1. The van der Waals surface area contributed by atoms with Gasteiger partial charge in [0.1, 0.15) is 6.04 Å². The highest BCUT2D eigenvalue weighted by Crippen LogP contribution is 2.23. The summed E-state index contributed by atoms with van der Waals surface area (Å²) in [6.45, 7) is 1.81. The second-order valence-electron chi connectivity index (χ2n) is 4.28. The van der Waals surface area contributed by atoms with Gasteiger partial charge in [-0.2, -0.15) is 0 Å². The maximum Gasteiger partial charge on any atom is 0.322 e. The minimum absolute atomic E-state index is 0.0906. The minimum atomic E-state index is -0.309. The smallest absolute Gasteiger partial charge is 0.322 e. The third-order valence-electron chi connectivity index (χ3n) is 3.37. The summed E-state index contributed by atoms with van der Waals surface area (Å²) in [5.74, 6) is -0.240. The van der Waals surface area contributed by atoms with Crippen LogP contribution in [-0.2, 0) is 9.53 Å². The molecule has 0 aromatic rings. The van der Waals surface area contributed by atoms with Gasteiger partial charge in [-0.25, -0.2) is 0 Å². The lowest BCUT2D eigenvalue weighted by Crippen LogP contribution is -2.50. The van der Waals surface area contributed by atoms with Crippen molar-refractivity contribution in [3.05, 3.63) is 0 Å². The molecule has 88 valence electrons. The van der Waals surface area contributed by atoms with Crippen molar-refractivity contribution in [1.82, 2.24) is 4.90 Å². The molecule has 15 heavy (non-hydrogen) atoms. The molecule has 0 aromatic heterocycles. The molecule has 1 aliphatic carbocycles. The maximum absolute atomic E-state index is 11.4. The van der Waals surface area contributed by atoms with E-state index in [-0.39, 0.29) is 24.2 Å². The van der Waals surface area contributed by atoms with Crippen molar-refractivity contribution >= 4 is 5.97 Å². The monoisotopic (exact) mass is 215 g/mol. The van der Waals surface area contributed by atoms with E-state index in [0.717, 1.165) is 25.7 Å². The van der Waals surface area contributed by atoms with Crippen molar-refractivity contribution in [3.8, 4) is 0 Å². The van der Waals surface area contributed by atoms with Crippen molar-refractivity contribution in [2.75, 3.05) is 14.2 Å². The Morgan fingerprint density at radius 1 is 1.47 bits per heavy atom. The van der Waals surface area contributed by atoms with E-state index >= 15 is 0 Å². The van der Waals surface area contributed by atoms with Crippen LogP contribution in [0, 0.1) is 0 Å². The Kier molecular flexibility index (Phi) is 4.54. The van der Waals surface area contributed by atoms with E-state index in [1.807, 2.05) is 18.9 Å². The van der Waals surface area contributed by atoms with E-state index in [2.05, 4.69) is 0 Å². The van der Waals surface area contributed by atoms with E-state index in [1.54, 1.807) is 0 Å². The first-order valence-electron chi connectivity index (χ1n) is 5.55. The third kappa shape index (κ3) is 2.92. The first-order valence-corrected chi connectivity index (χ1v) is 5.55. The average molecular weight is 215 g/mol. The van der Waals surface area contributed by atoms with Crippen LogP contribution in [0.2, 0.25) is 0 Å². The number of likely N-dealkylation sites (N-methyl/N-ethyl adjacent to an activating group) is 1. The zero-order valence-corrected chi connectivity index (χ0v) is 9.77. The Bertz CT molecular complexity index is 220. The van der Waals surface area contributed by atoms with Crippen LogP contribution in [0.25, 0.3) is 0 Å². The fraction of sp³-hybridized carbons (Fsp3) is 0.909. The molecule has 1 rings (SSSR count). The van der Waals surface area contributed by atoms with Crippen LogP contribution in [0.3, 0.4) is 0 Å². The Hall–Kier alpha value is -0.610. The molecule has 1 aliphatic rings. The second kappa shape index (κ2) is 5.47. The van der Waals surface area contributed by atoms with Gasteiger partial charge in [0, 0.05) is 6.04 Å². The molecule has 0 saturated heterocycles. The van der Waals surface area contributed by atoms with Crippen molar-refractivity contribution in [1.29, 1.82) is 0 Å². The molecule has 4 nitrogen and oxygen atoms in total. The van der Waals surface area contributed by atoms with Crippen LogP contribution in [-0.4, -0.2) is 48.3 Å². The van der Waals surface area contributed by atoms with Gasteiger partial charge in [0.15, 0.2) is 0 Å². The molecule has 0 aliphatic heterocycles. The highest BCUT2D eigenvalue weighted by molar-refractivity contribution is 5.75. The topological polar surface area (TPSA) is 49.8 Å². The first-order chi connectivity index (χ1) is 7.07. The molecule has 1 N–H and O–H groups in total. The lowest BCUT2D eigenvalue weighted by atomic mass is 9.91. The normalized spacial score (nSPS) is 28.9. The number of hydrogen-bond donors (Lipinski definition) is 1. The van der Waals surface area contributed by atoms with Crippen LogP contribution in [0.15, 0.2) is 0 Å². The highest BCUT2D eigenvalue weighted by Gasteiger charge is 2.31. The van der Waals surface area contributed by atoms with Crippen molar-refractivity contribution in [2.24, 2.45) is 0 Å². The van der Waals surface area contributed by atoms with Gasteiger partial charge in [-0.3, -0.25) is 9.69 Å². The number of esters is 1. The van der Waals surface area contributed by atoms with Gasteiger partial charge < -0.3 is 9.84 Å². The maximum atomic E-state index is 11.4. The molecule has 0 heterocycles. The zero-order chi connectivity index (χ0) is 11.4. The van der Waals surface area contributed by atoms with Gasteiger partial charge in [-0.05, 0) is 26.8 Å². The van der Waals surface area contributed by atoms with Gasteiger partial charge in [0.2, 0.25) is 0 Å². The van der Waals surface area contributed by atoms with Gasteiger partial charge in [-0.15, -0.1) is 0 Å². The standard InChI is InChI=1S/C11H21NO3/c1-8(11(14)15-3)12(2)9-6-4-5-7-10(9)13/h8-10,13H,4-7H2,1-3H3. The minimum Gasteiger partial charge on any atom is -0.468 e. The van der Waals surface area contributed by atoms with E-state index in [1.165, 1.54) is 7.11 Å². The number of methoxy groups -OCH3 is 1. The molecule has 1 saturated carbocycles. The lowest BCUT2D eigenvalue weighted by molar-refractivity contribution is -0.147. The number of hydrogen-bond acceptors (Lipinski definition) is 4. The summed E-state index contributed by atoms with van der Waals surface area (Å²) >= 11 is 0. The quantitative estimate of drug-likeness (QED) is 0.707. The predicted octanol–water partition coefficient (Wildman–Crippen LogP) is 0.783. The number of carbonyl (C=O) groups excluding carboxylic acids is 1. The Morgan fingerprint density at radius 3 is 2.60 bits per heavy atom. The van der Waals surface area contributed by atoms with Crippen molar-refractivity contribution in [3.63, 3.8) is 0 Å². The summed E-state index contributed by atoms with van der Waals surface area (Å²) in [5, 5.41) is 9.85. The molecule has 0 aromatic carbocycles. The molecule has 0 amide bonds. The fourth-order valence-corrected chi connectivity index (χ4v) is 2.19. The summed E-state index contributed by atoms with van der Waals surface area (Å²) < 4.78 is 4.70. The predicted molar refractivity (Wildman–Crippen MR) is 57.5 cm³/mol. The molecule has 4 heteroatoms. The van der Waals surface area contributed by atoms with E-state index in [0.29, 0.717) is 0 Å². The summed E-state index contributed by atoms with van der Waals surface area (Å²) in [7, 11) is 3.27. The largest absolute Gasteiger partial charge is 0.468 e. The number of aliphatic hydroxyl groups is 1. The van der Waals surface area contributed by atoms with Gasteiger partial charge >= 0.3 is 5.97 Å². The SMILES string of the molecule is COC(=O)C(C)N(C)C1CCCCC1O. The number of aliphatic hydroxyl groups excluding tert-OH is 1. The molecule has 1 fully saturated rings. The van der Waals surface area contributed by atoms with Crippen LogP contribution in [0.4, 0.5) is 0 Å². The van der Waals surface area contributed by atoms with E-state index in [9.17, 15) is 9.90 Å². The Balaban J connectivity index is 2.57. The molecule has 3 atom stereocenters. The number of carbonyl (C=O) groups is 1. The molecule has 0 radical (unpaired) electrons. The molecule has 0 bridgehead atoms. The van der Waals surface area contributed by atoms with E-state index in [4.69, 9.17) is 4.74 Å². The summed E-state index contributed by atoms with van der Waals surface area (Å²) in [6.07, 6.45) is 3.69. The number of nitrogens with zero attached hydrogens (tertiary/aromatic N) is 1. The molecular weight excluding hydrogens is 194 g/mol. The summed E-state index contributed by atoms with van der Waals surface area (Å²) in [4.78, 5) is 13.3. The molecule has 0 spiro atoms. The van der Waals surface area contributed by atoms with Crippen molar-refractivity contribution in [2.45, 2.75) is 50.8 Å². The zero-order valence-electron chi connectivity index (χ0n) is 9.77. The summed E-state index contributed by atoms with van der Waals surface area (Å²) in [5.41, 5.74) is 0. The van der Waals surface area contributed by atoms with Crippen LogP contribution < -0.4 is 0 Å². The van der Waals surface area contributed by atoms with Crippen LogP contribution in [0.5, 0.6) is 0 Å². The number of rotatable bonds is 3.